The maximum absolute atomic E-state index is 9.35. The predicted molar refractivity (Wildman–Crippen MR) is 80.9 cm³/mol. The van der Waals surface area contributed by atoms with Crippen molar-refractivity contribution in [1.29, 1.82) is 5.26 Å². The first-order valence-electron chi connectivity index (χ1n) is 6.93. The molecule has 20 heavy (non-hydrogen) atoms. The zero-order valence-electron chi connectivity index (χ0n) is 11.5. The molecule has 0 saturated carbocycles. The van der Waals surface area contributed by atoms with Crippen LogP contribution in [0.5, 0.6) is 0 Å². The SMILES string of the molecule is Cc1cccc(Sc2nc3c(cc2C#N)CCCC3)c1. The fourth-order valence-electron chi connectivity index (χ4n) is 2.56. The maximum Gasteiger partial charge on any atom is 0.119 e. The molecule has 1 aliphatic rings. The molecule has 0 fully saturated rings. The van der Waals surface area contributed by atoms with Crippen LogP contribution in [0, 0.1) is 18.3 Å². The number of aryl methyl sites for hydroxylation is 3. The van der Waals surface area contributed by atoms with Crippen LogP contribution < -0.4 is 0 Å². The largest absolute Gasteiger partial charge is 0.244 e. The number of nitriles is 1. The van der Waals surface area contributed by atoms with Gasteiger partial charge in [-0.15, -0.1) is 0 Å². The fraction of sp³-hybridized carbons (Fsp3) is 0.294. The van der Waals surface area contributed by atoms with Crippen molar-refractivity contribution in [3.8, 4) is 6.07 Å². The summed E-state index contributed by atoms with van der Waals surface area (Å²) in [5, 5.41) is 10.2. The summed E-state index contributed by atoms with van der Waals surface area (Å²) in [6, 6.07) is 12.7. The Morgan fingerprint density at radius 1 is 1.20 bits per heavy atom. The lowest BCUT2D eigenvalue weighted by molar-refractivity contribution is 0.660. The second-order valence-electron chi connectivity index (χ2n) is 5.18. The number of fused-ring (bicyclic) bond motifs is 1. The van der Waals surface area contributed by atoms with E-state index in [1.807, 2.05) is 12.1 Å². The van der Waals surface area contributed by atoms with E-state index < -0.39 is 0 Å². The highest BCUT2D eigenvalue weighted by molar-refractivity contribution is 7.99. The monoisotopic (exact) mass is 280 g/mol. The second-order valence-corrected chi connectivity index (χ2v) is 6.25. The van der Waals surface area contributed by atoms with Gasteiger partial charge in [0.15, 0.2) is 0 Å². The molecule has 0 spiro atoms. The Morgan fingerprint density at radius 2 is 2.05 bits per heavy atom. The van der Waals surface area contributed by atoms with Crippen molar-refractivity contribution in [3.63, 3.8) is 0 Å². The van der Waals surface area contributed by atoms with E-state index in [2.05, 4.69) is 31.2 Å². The molecule has 2 nitrogen and oxygen atoms in total. The molecular formula is C17H16N2S. The van der Waals surface area contributed by atoms with Crippen LogP contribution in [0.25, 0.3) is 0 Å². The first kappa shape index (κ1) is 13.2. The molecule has 2 aromatic rings. The molecule has 0 amide bonds. The number of aromatic nitrogens is 1. The van der Waals surface area contributed by atoms with Crippen LogP contribution in [0.15, 0.2) is 40.3 Å². The zero-order valence-corrected chi connectivity index (χ0v) is 12.3. The number of hydrogen-bond acceptors (Lipinski definition) is 3. The van der Waals surface area contributed by atoms with Crippen molar-refractivity contribution < 1.29 is 0 Å². The fourth-order valence-corrected chi connectivity index (χ4v) is 3.55. The number of rotatable bonds is 2. The van der Waals surface area contributed by atoms with Crippen LogP contribution in [0.4, 0.5) is 0 Å². The van der Waals surface area contributed by atoms with Crippen molar-refractivity contribution >= 4 is 11.8 Å². The summed E-state index contributed by atoms with van der Waals surface area (Å²) >= 11 is 1.59. The molecule has 0 bridgehead atoms. The average Bonchev–Trinajstić information content (AvgIpc) is 2.46. The second kappa shape index (κ2) is 5.68. The summed E-state index contributed by atoms with van der Waals surface area (Å²) in [4.78, 5) is 5.89. The van der Waals surface area contributed by atoms with Crippen molar-refractivity contribution in [3.05, 3.63) is 52.7 Å². The van der Waals surface area contributed by atoms with Crippen LogP contribution in [0.2, 0.25) is 0 Å². The molecule has 0 N–H and O–H groups in total. The molecule has 0 radical (unpaired) electrons. The molecule has 3 heteroatoms. The van der Waals surface area contributed by atoms with Crippen LogP contribution in [-0.4, -0.2) is 4.98 Å². The van der Waals surface area contributed by atoms with E-state index in [9.17, 15) is 5.26 Å². The van der Waals surface area contributed by atoms with Gasteiger partial charge in [-0.2, -0.15) is 5.26 Å². The normalized spacial score (nSPS) is 13.6. The highest BCUT2D eigenvalue weighted by Crippen LogP contribution is 2.32. The molecule has 3 rings (SSSR count). The molecule has 0 unspecified atom stereocenters. The van der Waals surface area contributed by atoms with Gasteiger partial charge >= 0.3 is 0 Å². The Hall–Kier alpha value is -1.79. The van der Waals surface area contributed by atoms with E-state index in [1.165, 1.54) is 29.7 Å². The Labute approximate surface area is 123 Å². The van der Waals surface area contributed by atoms with Crippen molar-refractivity contribution in [2.24, 2.45) is 0 Å². The van der Waals surface area contributed by atoms with Gasteiger partial charge in [-0.05, 0) is 56.4 Å². The van der Waals surface area contributed by atoms with E-state index in [-0.39, 0.29) is 0 Å². The molecule has 0 saturated heterocycles. The topological polar surface area (TPSA) is 36.7 Å². The molecule has 100 valence electrons. The van der Waals surface area contributed by atoms with Crippen LogP contribution in [0.3, 0.4) is 0 Å². The third-order valence-electron chi connectivity index (χ3n) is 3.59. The minimum atomic E-state index is 0.706. The van der Waals surface area contributed by atoms with Crippen LogP contribution >= 0.6 is 11.8 Å². The highest BCUT2D eigenvalue weighted by Gasteiger charge is 2.15. The van der Waals surface area contributed by atoms with Gasteiger partial charge in [0.05, 0.1) is 5.56 Å². The maximum atomic E-state index is 9.35. The van der Waals surface area contributed by atoms with Gasteiger partial charge in [0.1, 0.15) is 11.1 Å². The van der Waals surface area contributed by atoms with E-state index in [4.69, 9.17) is 4.98 Å². The molecule has 1 heterocycles. The van der Waals surface area contributed by atoms with Gasteiger partial charge in [0.25, 0.3) is 0 Å². The zero-order chi connectivity index (χ0) is 13.9. The molecule has 0 aliphatic heterocycles. The lowest BCUT2D eigenvalue weighted by atomic mass is 9.95. The van der Waals surface area contributed by atoms with Gasteiger partial charge in [-0.3, -0.25) is 0 Å². The number of nitrogens with zero attached hydrogens (tertiary/aromatic N) is 2. The van der Waals surface area contributed by atoms with Crippen molar-refractivity contribution in [2.75, 3.05) is 0 Å². The molecule has 0 atom stereocenters. The van der Waals surface area contributed by atoms with Crippen molar-refractivity contribution in [1.82, 2.24) is 4.98 Å². The Bertz CT molecular complexity index is 686. The van der Waals surface area contributed by atoms with Crippen molar-refractivity contribution in [2.45, 2.75) is 42.5 Å². The number of benzene rings is 1. The smallest absolute Gasteiger partial charge is 0.119 e. The van der Waals surface area contributed by atoms with Gasteiger partial charge in [-0.1, -0.05) is 29.5 Å². The summed E-state index contributed by atoms with van der Waals surface area (Å²) in [6.07, 6.45) is 4.53. The summed E-state index contributed by atoms with van der Waals surface area (Å²) in [7, 11) is 0. The first-order valence-corrected chi connectivity index (χ1v) is 7.75. The molecule has 1 aliphatic carbocycles. The van der Waals surface area contributed by atoms with E-state index in [0.29, 0.717) is 5.56 Å². The Morgan fingerprint density at radius 3 is 2.85 bits per heavy atom. The highest BCUT2D eigenvalue weighted by atomic mass is 32.2. The summed E-state index contributed by atoms with van der Waals surface area (Å²) < 4.78 is 0. The van der Waals surface area contributed by atoms with Crippen LogP contribution in [0.1, 0.15) is 35.2 Å². The third-order valence-corrected chi connectivity index (χ3v) is 4.58. The van der Waals surface area contributed by atoms with Gasteiger partial charge in [-0.25, -0.2) is 4.98 Å². The van der Waals surface area contributed by atoms with Gasteiger partial charge in [0.2, 0.25) is 0 Å². The average molecular weight is 280 g/mol. The molecule has 1 aromatic carbocycles. The van der Waals surface area contributed by atoms with Crippen LogP contribution in [-0.2, 0) is 12.8 Å². The quantitative estimate of drug-likeness (QED) is 0.823. The lowest BCUT2D eigenvalue weighted by Crippen LogP contribution is -2.07. The number of pyridine rings is 1. The van der Waals surface area contributed by atoms with E-state index >= 15 is 0 Å². The first-order chi connectivity index (χ1) is 9.76. The minimum absolute atomic E-state index is 0.706. The lowest BCUT2D eigenvalue weighted by Gasteiger charge is -2.16. The Balaban J connectivity index is 1.98. The van der Waals surface area contributed by atoms with E-state index in [0.717, 1.165) is 22.8 Å². The summed E-state index contributed by atoms with van der Waals surface area (Å²) in [5.41, 5.74) is 4.38. The minimum Gasteiger partial charge on any atom is -0.244 e. The predicted octanol–water partition coefficient (Wildman–Crippen LogP) is 4.29. The molecule has 1 aromatic heterocycles. The summed E-state index contributed by atoms with van der Waals surface area (Å²) in [5.74, 6) is 0. The van der Waals surface area contributed by atoms with E-state index in [1.54, 1.807) is 11.8 Å². The third kappa shape index (κ3) is 2.71. The standard InChI is InChI=1S/C17H16N2S/c1-12-5-4-7-15(9-12)20-17-14(11-18)10-13-6-2-3-8-16(13)19-17/h4-5,7,9-10H,2-3,6,8H2,1H3. The van der Waals surface area contributed by atoms with Gasteiger partial charge < -0.3 is 0 Å². The number of hydrogen-bond donors (Lipinski definition) is 0. The van der Waals surface area contributed by atoms with Gasteiger partial charge in [0, 0.05) is 10.6 Å². The Kier molecular flexibility index (Phi) is 3.75. The summed E-state index contributed by atoms with van der Waals surface area (Å²) in [6.45, 7) is 2.08. The molecular weight excluding hydrogens is 264 g/mol.